The van der Waals surface area contributed by atoms with Crippen molar-refractivity contribution >= 4 is 18.0 Å². The maximum atomic E-state index is 12.0. The number of esters is 1. The molecule has 2 fully saturated rings. The number of ether oxygens (including phenoxy) is 4. The Balaban J connectivity index is 1.45. The molecule has 134 valence electrons. The largest absolute Gasteiger partial charge is 0.491 e. The van der Waals surface area contributed by atoms with Crippen molar-refractivity contribution in [3.05, 3.63) is 29.8 Å². The highest BCUT2D eigenvalue weighted by molar-refractivity contribution is 5.96. The van der Waals surface area contributed by atoms with E-state index in [1.807, 2.05) is 0 Å². The summed E-state index contributed by atoms with van der Waals surface area (Å²) in [5, 5.41) is 0. The second-order valence-electron chi connectivity index (χ2n) is 5.71. The number of rotatable bonds is 6. The molecule has 0 unspecified atom stereocenters. The van der Waals surface area contributed by atoms with Crippen molar-refractivity contribution in [3.63, 3.8) is 0 Å². The average Bonchev–Trinajstić information content (AvgIpc) is 3.29. The summed E-state index contributed by atoms with van der Waals surface area (Å²) < 4.78 is 20.7. The number of nitrogens with zero attached hydrogens (tertiary/aromatic N) is 1. The molecule has 2 saturated heterocycles. The van der Waals surface area contributed by atoms with E-state index in [0.717, 1.165) is 24.3 Å². The van der Waals surface area contributed by atoms with Crippen molar-refractivity contribution in [2.45, 2.75) is 18.9 Å². The van der Waals surface area contributed by atoms with Crippen LogP contribution in [-0.2, 0) is 19.0 Å². The normalized spacial score (nSPS) is 19.6. The van der Waals surface area contributed by atoms with Gasteiger partial charge in [-0.25, -0.2) is 14.5 Å². The van der Waals surface area contributed by atoms with Crippen molar-refractivity contribution in [1.82, 2.24) is 4.90 Å². The Hall–Kier alpha value is -2.61. The minimum absolute atomic E-state index is 0.118. The summed E-state index contributed by atoms with van der Waals surface area (Å²) in [4.78, 5) is 35.9. The number of carbonyl (C=O) groups excluding carboxylic acids is 3. The summed E-state index contributed by atoms with van der Waals surface area (Å²) in [7, 11) is 0. The van der Waals surface area contributed by atoms with Gasteiger partial charge in [-0.15, -0.1) is 0 Å². The van der Waals surface area contributed by atoms with Gasteiger partial charge in [0.2, 0.25) is 0 Å². The average molecular weight is 349 g/mol. The number of hydrogen-bond donors (Lipinski definition) is 0. The van der Waals surface area contributed by atoms with Gasteiger partial charge in [-0.05, 0) is 37.1 Å². The molecule has 0 bridgehead atoms. The number of amides is 2. The summed E-state index contributed by atoms with van der Waals surface area (Å²) in [6.45, 7) is 1.07. The molecule has 0 saturated carbocycles. The molecule has 2 aliphatic rings. The first kappa shape index (κ1) is 17.2. The second-order valence-corrected chi connectivity index (χ2v) is 5.71. The van der Waals surface area contributed by atoms with E-state index < -0.39 is 24.6 Å². The Bertz CT molecular complexity index is 637. The molecule has 1 aromatic carbocycles. The van der Waals surface area contributed by atoms with E-state index in [0.29, 0.717) is 17.9 Å². The van der Waals surface area contributed by atoms with E-state index in [4.69, 9.17) is 14.2 Å². The monoisotopic (exact) mass is 349 g/mol. The zero-order valence-corrected chi connectivity index (χ0v) is 13.6. The quantitative estimate of drug-likeness (QED) is 0.717. The molecule has 1 aromatic rings. The molecule has 2 aliphatic heterocycles. The Kier molecular flexibility index (Phi) is 5.49. The standard InChI is InChI=1S/C17H19NO7/c19-15(18-7-9-23-17(18)21)11-25-16(20)12-3-5-13(6-4-12)24-10-14-2-1-8-22-14/h3-6,14H,1-2,7-11H2/t14-/m0/s1. The molecule has 0 spiro atoms. The van der Waals surface area contributed by atoms with Crippen LogP contribution < -0.4 is 4.74 Å². The third-order valence-corrected chi connectivity index (χ3v) is 3.94. The van der Waals surface area contributed by atoms with E-state index in [9.17, 15) is 14.4 Å². The van der Waals surface area contributed by atoms with Gasteiger partial charge < -0.3 is 18.9 Å². The van der Waals surface area contributed by atoms with Crippen molar-refractivity contribution in [1.29, 1.82) is 0 Å². The second kappa shape index (κ2) is 7.98. The van der Waals surface area contributed by atoms with Crippen LogP contribution in [0.1, 0.15) is 23.2 Å². The van der Waals surface area contributed by atoms with E-state index >= 15 is 0 Å². The first-order chi connectivity index (χ1) is 12.1. The fraction of sp³-hybridized carbons (Fsp3) is 0.471. The number of benzene rings is 1. The third-order valence-electron chi connectivity index (χ3n) is 3.94. The van der Waals surface area contributed by atoms with E-state index in [-0.39, 0.29) is 19.3 Å². The van der Waals surface area contributed by atoms with Crippen LogP contribution in [0.2, 0.25) is 0 Å². The first-order valence-corrected chi connectivity index (χ1v) is 8.12. The molecule has 1 atom stereocenters. The predicted octanol–water partition coefficient (Wildman–Crippen LogP) is 1.38. The maximum Gasteiger partial charge on any atom is 0.416 e. The van der Waals surface area contributed by atoms with Gasteiger partial charge in [-0.1, -0.05) is 0 Å². The Morgan fingerprint density at radius 3 is 2.64 bits per heavy atom. The van der Waals surface area contributed by atoms with Gasteiger partial charge in [0, 0.05) is 6.61 Å². The summed E-state index contributed by atoms with van der Waals surface area (Å²) in [6, 6.07) is 6.43. The van der Waals surface area contributed by atoms with Crippen LogP contribution in [0.15, 0.2) is 24.3 Å². The summed E-state index contributed by atoms with van der Waals surface area (Å²) in [5.41, 5.74) is 0.293. The summed E-state index contributed by atoms with van der Waals surface area (Å²) in [5.74, 6) is -0.623. The Morgan fingerprint density at radius 1 is 1.20 bits per heavy atom. The molecule has 2 amide bonds. The van der Waals surface area contributed by atoms with E-state index in [1.54, 1.807) is 24.3 Å². The maximum absolute atomic E-state index is 12.0. The smallest absolute Gasteiger partial charge is 0.416 e. The Labute approximate surface area is 144 Å². The summed E-state index contributed by atoms with van der Waals surface area (Å²) >= 11 is 0. The lowest BCUT2D eigenvalue weighted by Gasteiger charge is -2.12. The highest BCUT2D eigenvalue weighted by Crippen LogP contribution is 2.17. The lowest BCUT2D eigenvalue weighted by atomic mass is 10.2. The topological polar surface area (TPSA) is 91.4 Å². The minimum Gasteiger partial charge on any atom is -0.491 e. The van der Waals surface area contributed by atoms with Gasteiger partial charge in [-0.2, -0.15) is 0 Å². The third kappa shape index (κ3) is 4.48. The van der Waals surface area contributed by atoms with Gasteiger partial charge in [0.1, 0.15) is 19.0 Å². The molecule has 0 radical (unpaired) electrons. The number of carbonyl (C=O) groups is 3. The number of cyclic esters (lactones) is 1. The van der Waals surface area contributed by atoms with Crippen LogP contribution in [0.25, 0.3) is 0 Å². The van der Waals surface area contributed by atoms with Gasteiger partial charge in [-0.3, -0.25) is 4.79 Å². The van der Waals surface area contributed by atoms with Crippen LogP contribution in [0.3, 0.4) is 0 Å². The lowest BCUT2D eigenvalue weighted by Crippen LogP contribution is -2.35. The van der Waals surface area contributed by atoms with Crippen LogP contribution >= 0.6 is 0 Å². The van der Waals surface area contributed by atoms with E-state index in [2.05, 4.69) is 4.74 Å². The predicted molar refractivity (Wildman–Crippen MR) is 84.3 cm³/mol. The molecule has 2 heterocycles. The number of imide groups is 1. The molecule has 0 aromatic heterocycles. The van der Waals surface area contributed by atoms with Crippen LogP contribution in [-0.4, -0.2) is 61.9 Å². The fourth-order valence-electron chi connectivity index (χ4n) is 2.56. The lowest BCUT2D eigenvalue weighted by molar-refractivity contribution is -0.131. The molecule has 0 N–H and O–H groups in total. The Morgan fingerprint density at radius 2 is 2.00 bits per heavy atom. The first-order valence-electron chi connectivity index (χ1n) is 8.12. The van der Waals surface area contributed by atoms with Crippen molar-refractivity contribution in [3.8, 4) is 5.75 Å². The molecule has 8 heteroatoms. The minimum atomic E-state index is -0.714. The van der Waals surface area contributed by atoms with Crippen LogP contribution in [0.4, 0.5) is 4.79 Å². The van der Waals surface area contributed by atoms with Crippen LogP contribution in [0.5, 0.6) is 5.75 Å². The molecular formula is C17H19NO7. The SMILES string of the molecule is O=C(OCC(=O)N1CCOC1=O)c1ccc(OC[C@@H]2CCCO2)cc1. The highest BCUT2D eigenvalue weighted by atomic mass is 16.6. The van der Waals surface area contributed by atoms with Gasteiger partial charge in [0.25, 0.3) is 5.91 Å². The number of hydrogen-bond acceptors (Lipinski definition) is 7. The van der Waals surface area contributed by atoms with Crippen molar-refractivity contribution < 1.29 is 33.3 Å². The van der Waals surface area contributed by atoms with Crippen molar-refractivity contribution in [2.75, 3.05) is 33.0 Å². The van der Waals surface area contributed by atoms with Crippen molar-refractivity contribution in [2.24, 2.45) is 0 Å². The molecule has 0 aliphatic carbocycles. The molecule has 8 nitrogen and oxygen atoms in total. The highest BCUT2D eigenvalue weighted by Gasteiger charge is 2.29. The van der Waals surface area contributed by atoms with Gasteiger partial charge in [0.15, 0.2) is 6.61 Å². The van der Waals surface area contributed by atoms with E-state index in [1.165, 1.54) is 0 Å². The van der Waals surface area contributed by atoms with Crippen LogP contribution in [0, 0.1) is 0 Å². The zero-order chi connectivity index (χ0) is 17.6. The van der Waals surface area contributed by atoms with Gasteiger partial charge in [0.05, 0.1) is 18.2 Å². The zero-order valence-electron chi connectivity index (χ0n) is 13.6. The molecule has 3 rings (SSSR count). The fourth-order valence-corrected chi connectivity index (χ4v) is 2.56. The molecular weight excluding hydrogens is 330 g/mol. The van der Waals surface area contributed by atoms with Gasteiger partial charge >= 0.3 is 12.1 Å². The molecule has 25 heavy (non-hydrogen) atoms. The summed E-state index contributed by atoms with van der Waals surface area (Å²) in [6.07, 6.45) is 1.44.